The Balaban J connectivity index is 1.31. The fourth-order valence-electron chi connectivity index (χ4n) is 4.37. The van der Waals surface area contributed by atoms with Gasteiger partial charge in [0.2, 0.25) is 5.88 Å². The summed E-state index contributed by atoms with van der Waals surface area (Å²) in [4.78, 5) is 22.7. The Morgan fingerprint density at radius 3 is 2.48 bits per heavy atom. The van der Waals surface area contributed by atoms with E-state index in [1.165, 1.54) is 30.3 Å². The maximum atomic E-state index is 12.4. The maximum Gasteiger partial charge on any atom is 0.349 e. The van der Waals surface area contributed by atoms with E-state index in [1.54, 1.807) is 24.3 Å². The highest BCUT2D eigenvalue weighted by Crippen LogP contribution is 2.44. The molecule has 0 amide bonds. The molecule has 1 aliphatic rings. The molecule has 1 unspecified atom stereocenters. The normalized spacial score (nSPS) is 13.8. The third-order valence-corrected chi connectivity index (χ3v) is 6.74. The maximum absolute atomic E-state index is 12.4. The predicted octanol–water partition coefficient (Wildman–Crippen LogP) is 6.03. The Kier molecular flexibility index (Phi) is 8.22. The van der Waals surface area contributed by atoms with E-state index in [1.807, 2.05) is 36.4 Å². The quantitative estimate of drug-likeness (QED) is 0.108. The summed E-state index contributed by atoms with van der Waals surface area (Å²) in [5, 5.41) is 21.3. The lowest BCUT2D eigenvalue weighted by Crippen LogP contribution is -2.21. The minimum atomic E-state index is -0.703. The van der Waals surface area contributed by atoms with Gasteiger partial charge in [-0.2, -0.15) is 5.26 Å². The van der Waals surface area contributed by atoms with Crippen LogP contribution in [0.2, 0.25) is 5.02 Å². The monoisotopic (exact) mass is 583 g/mol. The molecule has 42 heavy (non-hydrogen) atoms. The number of benzene rings is 4. The Morgan fingerprint density at radius 1 is 0.976 bits per heavy atom. The van der Waals surface area contributed by atoms with Crippen LogP contribution >= 0.6 is 11.6 Å². The molecule has 4 aromatic rings. The lowest BCUT2D eigenvalue weighted by Gasteiger charge is -2.27. The summed E-state index contributed by atoms with van der Waals surface area (Å²) in [6.45, 7) is -0.167. The molecule has 1 heterocycles. The molecule has 10 nitrogen and oxygen atoms in total. The first-order valence-electron chi connectivity index (χ1n) is 12.6. The number of ether oxygens (including phenoxy) is 4. The number of allylic oxidation sites excluding steroid dienone is 1. The number of nitro benzene ring substituents is 1. The Morgan fingerprint density at radius 2 is 1.74 bits per heavy atom. The standard InChI is InChI=1S/C31H22ClN3O7/c32-27-7-2-1-4-20(27)17-39-23-6-3-5-19(14-23)30-25-13-12-24(15-28(25)42-31(34)26(30)16-33)41-29(36)18-40-22-10-8-21(9-11-22)35(37)38/h1-15,30H,17-18,34H2. The van der Waals surface area contributed by atoms with Gasteiger partial charge in [0, 0.05) is 34.3 Å². The number of nitrogens with zero attached hydrogens (tertiary/aromatic N) is 2. The van der Waals surface area contributed by atoms with Crippen LogP contribution in [-0.4, -0.2) is 17.5 Å². The minimum Gasteiger partial charge on any atom is -0.489 e. The number of nitro groups is 1. The van der Waals surface area contributed by atoms with E-state index in [2.05, 4.69) is 6.07 Å². The van der Waals surface area contributed by atoms with Gasteiger partial charge in [-0.25, -0.2) is 4.79 Å². The number of fused-ring (bicyclic) bond motifs is 1. The number of esters is 1. The van der Waals surface area contributed by atoms with E-state index in [9.17, 15) is 20.2 Å². The topological polar surface area (TPSA) is 147 Å². The Hall–Kier alpha value is -5.53. The summed E-state index contributed by atoms with van der Waals surface area (Å²) < 4.78 is 22.5. The number of rotatable bonds is 9. The average Bonchev–Trinajstić information content (AvgIpc) is 2.99. The summed E-state index contributed by atoms with van der Waals surface area (Å²) >= 11 is 6.25. The minimum absolute atomic E-state index is 0.0673. The van der Waals surface area contributed by atoms with Gasteiger partial charge in [0.05, 0.1) is 10.8 Å². The van der Waals surface area contributed by atoms with E-state index < -0.39 is 23.4 Å². The molecule has 5 rings (SSSR count). The van der Waals surface area contributed by atoms with Gasteiger partial charge in [-0.15, -0.1) is 0 Å². The molecule has 0 spiro atoms. The number of non-ortho nitro benzene ring substituents is 1. The van der Waals surface area contributed by atoms with E-state index in [0.29, 0.717) is 22.1 Å². The fraction of sp³-hybridized carbons (Fsp3) is 0.0968. The first-order valence-corrected chi connectivity index (χ1v) is 13.0. The van der Waals surface area contributed by atoms with Crippen LogP contribution in [0.4, 0.5) is 5.69 Å². The molecular formula is C31H22ClN3O7. The molecule has 2 N–H and O–H groups in total. The van der Waals surface area contributed by atoms with Gasteiger partial charge in [0.1, 0.15) is 41.2 Å². The first-order chi connectivity index (χ1) is 20.3. The molecular weight excluding hydrogens is 562 g/mol. The van der Waals surface area contributed by atoms with Crippen molar-refractivity contribution in [2.45, 2.75) is 12.5 Å². The SMILES string of the molecule is N#CC1=C(N)Oc2cc(OC(=O)COc3ccc([N+](=O)[O-])cc3)ccc2C1c1cccc(OCc2ccccc2Cl)c1. The van der Waals surface area contributed by atoms with Gasteiger partial charge in [-0.3, -0.25) is 10.1 Å². The molecule has 0 radical (unpaired) electrons. The van der Waals surface area contributed by atoms with Gasteiger partial charge in [-0.1, -0.05) is 48.0 Å². The van der Waals surface area contributed by atoms with Gasteiger partial charge >= 0.3 is 5.97 Å². The van der Waals surface area contributed by atoms with Crippen LogP contribution in [0, 0.1) is 21.4 Å². The second-order valence-corrected chi connectivity index (χ2v) is 9.50. The number of hydrogen-bond acceptors (Lipinski definition) is 9. The van der Waals surface area contributed by atoms with Crippen molar-refractivity contribution in [3.05, 3.63) is 134 Å². The molecule has 0 saturated heterocycles. The lowest BCUT2D eigenvalue weighted by atomic mass is 9.83. The van der Waals surface area contributed by atoms with Gasteiger partial charge in [0.15, 0.2) is 6.61 Å². The predicted molar refractivity (Wildman–Crippen MR) is 152 cm³/mol. The van der Waals surface area contributed by atoms with E-state index in [0.717, 1.165) is 11.1 Å². The number of nitriles is 1. The fourth-order valence-corrected chi connectivity index (χ4v) is 4.56. The average molecular weight is 584 g/mol. The highest BCUT2D eigenvalue weighted by atomic mass is 35.5. The van der Waals surface area contributed by atoms with Crippen molar-refractivity contribution < 1.29 is 28.7 Å². The van der Waals surface area contributed by atoms with Gasteiger partial charge in [0.25, 0.3) is 5.69 Å². The third-order valence-electron chi connectivity index (χ3n) is 6.37. The molecule has 0 bridgehead atoms. The summed E-state index contributed by atoms with van der Waals surface area (Å²) in [5.74, 6) is 0.0184. The van der Waals surface area contributed by atoms with E-state index in [-0.39, 0.29) is 35.2 Å². The number of halogens is 1. The summed E-state index contributed by atoms with van der Waals surface area (Å²) in [5.41, 5.74) is 8.49. The first kappa shape index (κ1) is 28.0. The van der Waals surface area contributed by atoms with Crippen LogP contribution in [0.15, 0.2) is 102 Å². The number of nitrogens with two attached hydrogens (primary N) is 1. The second kappa shape index (κ2) is 12.3. The Bertz CT molecular complexity index is 1730. The van der Waals surface area contributed by atoms with Crippen LogP contribution in [0.25, 0.3) is 0 Å². The van der Waals surface area contributed by atoms with Crippen molar-refractivity contribution >= 4 is 23.3 Å². The summed E-state index contributed by atoms with van der Waals surface area (Å²) in [7, 11) is 0. The summed E-state index contributed by atoms with van der Waals surface area (Å²) in [6, 6.07) is 26.9. The molecule has 0 aromatic heterocycles. The summed E-state index contributed by atoms with van der Waals surface area (Å²) in [6.07, 6.45) is 0. The van der Waals surface area contributed by atoms with E-state index >= 15 is 0 Å². The molecule has 1 aliphatic heterocycles. The van der Waals surface area contributed by atoms with Crippen molar-refractivity contribution in [1.29, 1.82) is 5.26 Å². The van der Waals surface area contributed by atoms with Crippen molar-refractivity contribution in [1.82, 2.24) is 0 Å². The molecule has 0 aliphatic carbocycles. The van der Waals surface area contributed by atoms with Crippen molar-refractivity contribution in [2.24, 2.45) is 5.73 Å². The second-order valence-electron chi connectivity index (χ2n) is 9.09. The molecule has 0 saturated carbocycles. The van der Waals surface area contributed by atoms with Gasteiger partial charge < -0.3 is 24.7 Å². The van der Waals surface area contributed by atoms with Crippen molar-refractivity contribution in [3.8, 4) is 29.1 Å². The molecule has 210 valence electrons. The van der Waals surface area contributed by atoms with Crippen LogP contribution in [0.1, 0.15) is 22.6 Å². The number of carbonyl (C=O) groups excluding carboxylic acids is 1. The third kappa shape index (κ3) is 6.27. The highest BCUT2D eigenvalue weighted by molar-refractivity contribution is 6.31. The van der Waals surface area contributed by atoms with Crippen LogP contribution < -0.4 is 24.7 Å². The molecule has 11 heteroatoms. The van der Waals surface area contributed by atoms with Crippen molar-refractivity contribution in [3.63, 3.8) is 0 Å². The lowest BCUT2D eigenvalue weighted by molar-refractivity contribution is -0.384. The Labute approximate surface area is 245 Å². The van der Waals surface area contributed by atoms with E-state index in [4.69, 9.17) is 36.3 Å². The molecule has 1 atom stereocenters. The highest BCUT2D eigenvalue weighted by Gasteiger charge is 2.31. The molecule has 0 fully saturated rings. The van der Waals surface area contributed by atoms with Gasteiger partial charge in [-0.05, 0) is 42.0 Å². The smallest absolute Gasteiger partial charge is 0.349 e. The van der Waals surface area contributed by atoms with Crippen LogP contribution in [0.5, 0.6) is 23.0 Å². The van der Waals surface area contributed by atoms with Crippen molar-refractivity contribution in [2.75, 3.05) is 6.61 Å². The molecule has 4 aromatic carbocycles. The zero-order valence-corrected chi connectivity index (χ0v) is 22.6. The zero-order chi connectivity index (χ0) is 29.6. The largest absolute Gasteiger partial charge is 0.489 e. The van der Waals surface area contributed by atoms with Crippen LogP contribution in [0.3, 0.4) is 0 Å². The van der Waals surface area contributed by atoms with Crippen LogP contribution in [-0.2, 0) is 11.4 Å². The number of carbonyl (C=O) groups is 1. The zero-order valence-electron chi connectivity index (χ0n) is 21.9. The number of hydrogen-bond donors (Lipinski definition) is 1.